The minimum Gasteiger partial charge on any atom is -0.464 e. The van der Waals surface area contributed by atoms with Gasteiger partial charge in [-0.25, -0.2) is 9.78 Å². The first-order valence-electron chi connectivity index (χ1n) is 3.16. The molecule has 0 unspecified atom stereocenters. The highest BCUT2D eigenvalue weighted by Gasteiger charge is 2.04. The summed E-state index contributed by atoms with van der Waals surface area (Å²) in [5.74, 6) is -0.415. The average molecular weight is 150 g/mol. The Bertz CT molecular complexity index is 271. The number of methoxy groups -OCH3 is 1. The van der Waals surface area contributed by atoms with E-state index in [4.69, 9.17) is 0 Å². The van der Waals surface area contributed by atoms with E-state index < -0.39 is 5.97 Å². The molecule has 0 saturated heterocycles. The number of aromatic nitrogens is 1. The fraction of sp³-hybridized carbons (Fsp3) is 0.250. The Morgan fingerprint density at radius 1 is 1.73 bits per heavy atom. The number of hydrogen-bond acceptors (Lipinski definition) is 3. The van der Waals surface area contributed by atoms with E-state index in [-0.39, 0.29) is 0 Å². The van der Waals surface area contributed by atoms with E-state index in [2.05, 4.69) is 15.8 Å². The third-order valence-electron chi connectivity index (χ3n) is 1.24. The van der Waals surface area contributed by atoms with Crippen LogP contribution < -0.4 is 0 Å². The van der Waals surface area contributed by atoms with Crippen molar-refractivity contribution in [3.63, 3.8) is 0 Å². The quantitative estimate of drug-likeness (QED) is 0.560. The number of ether oxygens (including phenoxy) is 1. The van der Waals surface area contributed by atoms with Crippen LogP contribution in [-0.2, 0) is 4.74 Å². The van der Waals surface area contributed by atoms with Crippen LogP contribution in [0.25, 0.3) is 0 Å². The van der Waals surface area contributed by atoms with Crippen molar-refractivity contribution < 1.29 is 9.53 Å². The van der Waals surface area contributed by atoms with Crippen LogP contribution in [0.3, 0.4) is 0 Å². The molecule has 11 heavy (non-hydrogen) atoms. The van der Waals surface area contributed by atoms with E-state index in [0.717, 1.165) is 5.56 Å². The van der Waals surface area contributed by atoms with Gasteiger partial charge >= 0.3 is 5.97 Å². The number of hydrogen-bond donors (Lipinski definition) is 0. The van der Waals surface area contributed by atoms with Gasteiger partial charge in [-0.2, -0.15) is 0 Å². The normalized spacial score (nSPS) is 9.27. The van der Waals surface area contributed by atoms with Crippen LogP contribution in [-0.4, -0.2) is 18.1 Å². The summed E-state index contributed by atoms with van der Waals surface area (Å²) in [4.78, 5) is 14.6. The molecule has 0 saturated carbocycles. The van der Waals surface area contributed by atoms with Gasteiger partial charge in [-0.05, 0) is 18.6 Å². The molecule has 3 nitrogen and oxygen atoms in total. The first-order chi connectivity index (χ1) is 5.24. The molecule has 0 aliphatic heterocycles. The first-order valence-corrected chi connectivity index (χ1v) is 3.16. The molecule has 0 atom stereocenters. The van der Waals surface area contributed by atoms with Crippen LogP contribution in [0.2, 0.25) is 0 Å². The molecular weight excluding hydrogens is 142 g/mol. The predicted octanol–water partition coefficient (Wildman–Crippen LogP) is 0.977. The number of rotatable bonds is 1. The summed E-state index contributed by atoms with van der Waals surface area (Å²) in [5.41, 5.74) is 1.20. The van der Waals surface area contributed by atoms with Crippen molar-refractivity contribution in [1.29, 1.82) is 0 Å². The molecule has 0 aromatic carbocycles. The Balaban J connectivity index is 2.96. The Morgan fingerprint density at radius 3 is 3.00 bits per heavy atom. The summed E-state index contributed by atoms with van der Waals surface area (Å²) < 4.78 is 4.48. The lowest BCUT2D eigenvalue weighted by molar-refractivity contribution is 0.0594. The zero-order valence-corrected chi connectivity index (χ0v) is 6.42. The standard InChI is InChI=1S/C8H8NO2/c1-6-3-4-9-7(5-6)8(10)11-2/h4-5H,1-2H3. The minimum atomic E-state index is -0.415. The van der Waals surface area contributed by atoms with Gasteiger partial charge in [0, 0.05) is 12.3 Å². The van der Waals surface area contributed by atoms with E-state index in [1.165, 1.54) is 13.3 Å². The summed E-state index contributed by atoms with van der Waals surface area (Å²) in [6.07, 6.45) is 1.46. The van der Waals surface area contributed by atoms with Crippen LogP contribution in [0.5, 0.6) is 0 Å². The molecule has 0 fully saturated rings. The highest BCUT2D eigenvalue weighted by atomic mass is 16.5. The van der Waals surface area contributed by atoms with E-state index in [9.17, 15) is 4.79 Å². The average Bonchev–Trinajstić information content (AvgIpc) is 2.03. The number of carbonyl (C=O) groups excluding carboxylic acids is 1. The summed E-state index contributed by atoms with van der Waals surface area (Å²) in [5, 5.41) is 0. The summed E-state index contributed by atoms with van der Waals surface area (Å²) >= 11 is 0. The summed E-state index contributed by atoms with van der Waals surface area (Å²) in [7, 11) is 1.33. The van der Waals surface area contributed by atoms with Gasteiger partial charge in [0.1, 0.15) is 5.69 Å². The number of esters is 1. The lowest BCUT2D eigenvalue weighted by Gasteiger charge is -1.97. The molecule has 0 bridgehead atoms. The second kappa shape index (κ2) is 3.14. The first kappa shape index (κ1) is 7.72. The van der Waals surface area contributed by atoms with Crippen LogP contribution >= 0.6 is 0 Å². The van der Waals surface area contributed by atoms with Crippen molar-refractivity contribution in [3.05, 3.63) is 29.6 Å². The molecule has 0 amide bonds. The lowest BCUT2D eigenvalue weighted by atomic mass is 10.2. The molecule has 1 radical (unpaired) electrons. The van der Waals surface area contributed by atoms with E-state index in [0.29, 0.717) is 5.69 Å². The minimum absolute atomic E-state index is 0.323. The molecule has 0 aliphatic rings. The zero-order chi connectivity index (χ0) is 8.27. The Kier molecular flexibility index (Phi) is 2.21. The van der Waals surface area contributed by atoms with E-state index >= 15 is 0 Å². The molecule has 1 aromatic rings. The largest absolute Gasteiger partial charge is 0.464 e. The Morgan fingerprint density at radius 2 is 2.45 bits per heavy atom. The molecule has 1 rings (SSSR count). The maximum absolute atomic E-state index is 10.9. The van der Waals surface area contributed by atoms with Crippen molar-refractivity contribution in [2.75, 3.05) is 7.11 Å². The maximum Gasteiger partial charge on any atom is 0.356 e. The maximum atomic E-state index is 10.9. The van der Waals surface area contributed by atoms with Gasteiger partial charge in [0.15, 0.2) is 0 Å². The van der Waals surface area contributed by atoms with Crippen LogP contribution in [0.1, 0.15) is 16.1 Å². The molecule has 3 heteroatoms. The topological polar surface area (TPSA) is 39.2 Å². The van der Waals surface area contributed by atoms with Crippen LogP contribution in [0, 0.1) is 13.0 Å². The highest BCUT2D eigenvalue weighted by molar-refractivity contribution is 5.87. The van der Waals surface area contributed by atoms with Crippen molar-refractivity contribution in [2.45, 2.75) is 6.92 Å². The molecule has 0 N–H and O–H groups in total. The molecule has 0 aliphatic carbocycles. The van der Waals surface area contributed by atoms with Crippen LogP contribution in [0.15, 0.2) is 12.3 Å². The second-order valence-electron chi connectivity index (χ2n) is 2.11. The number of aryl methyl sites for hydroxylation is 1. The van der Waals surface area contributed by atoms with Crippen molar-refractivity contribution in [2.24, 2.45) is 0 Å². The zero-order valence-electron chi connectivity index (χ0n) is 6.42. The van der Waals surface area contributed by atoms with Crippen molar-refractivity contribution in [1.82, 2.24) is 4.98 Å². The number of pyridine rings is 1. The fourth-order valence-corrected chi connectivity index (χ4v) is 0.704. The Labute approximate surface area is 65.0 Å². The predicted molar refractivity (Wildman–Crippen MR) is 39.1 cm³/mol. The van der Waals surface area contributed by atoms with Crippen molar-refractivity contribution in [3.8, 4) is 0 Å². The monoisotopic (exact) mass is 150 g/mol. The molecule has 57 valence electrons. The number of nitrogens with zero attached hydrogens (tertiary/aromatic N) is 1. The molecular formula is C8H8NO2. The van der Waals surface area contributed by atoms with Gasteiger partial charge in [0.2, 0.25) is 0 Å². The summed E-state index contributed by atoms with van der Waals surface area (Å²) in [6, 6.07) is 4.46. The second-order valence-corrected chi connectivity index (χ2v) is 2.11. The number of carbonyl (C=O) groups is 1. The van der Waals surface area contributed by atoms with Gasteiger partial charge in [0.05, 0.1) is 7.11 Å². The highest BCUT2D eigenvalue weighted by Crippen LogP contribution is 1.99. The van der Waals surface area contributed by atoms with Gasteiger partial charge in [-0.15, -0.1) is 0 Å². The Hall–Kier alpha value is -1.38. The van der Waals surface area contributed by atoms with E-state index in [1.54, 1.807) is 6.07 Å². The smallest absolute Gasteiger partial charge is 0.356 e. The SMILES string of the molecule is COC(=O)c1cc(C)[c]cn1. The van der Waals surface area contributed by atoms with Crippen LogP contribution in [0.4, 0.5) is 0 Å². The molecule has 0 spiro atoms. The summed E-state index contributed by atoms with van der Waals surface area (Å²) in [6.45, 7) is 1.84. The van der Waals surface area contributed by atoms with Gasteiger partial charge < -0.3 is 4.74 Å². The van der Waals surface area contributed by atoms with Gasteiger partial charge in [-0.1, -0.05) is 0 Å². The fourth-order valence-electron chi connectivity index (χ4n) is 0.704. The van der Waals surface area contributed by atoms with E-state index in [1.807, 2.05) is 6.92 Å². The third kappa shape index (κ3) is 1.77. The molecule has 1 heterocycles. The van der Waals surface area contributed by atoms with Gasteiger partial charge in [0.25, 0.3) is 0 Å². The third-order valence-corrected chi connectivity index (χ3v) is 1.24. The lowest BCUT2D eigenvalue weighted by Crippen LogP contribution is -2.03. The van der Waals surface area contributed by atoms with Crippen molar-refractivity contribution >= 4 is 5.97 Å². The van der Waals surface area contributed by atoms with Gasteiger partial charge in [-0.3, -0.25) is 0 Å². The molecule has 1 aromatic heterocycles.